The summed E-state index contributed by atoms with van der Waals surface area (Å²) in [5.41, 5.74) is -0.533. The highest BCUT2D eigenvalue weighted by atomic mass is 16.6. The molecule has 0 bridgehead atoms. The molecular weight excluding hydrogens is 514 g/mol. The Bertz CT molecular complexity index is 1380. The predicted molar refractivity (Wildman–Crippen MR) is 146 cm³/mol. The molecule has 0 aromatic heterocycles. The number of morpholine rings is 1. The summed E-state index contributed by atoms with van der Waals surface area (Å²) in [7, 11) is 0. The van der Waals surface area contributed by atoms with Crippen molar-refractivity contribution in [1.82, 2.24) is 9.80 Å². The Kier molecular flexibility index (Phi) is 6.97. The summed E-state index contributed by atoms with van der Waals surface area (Å²) in [6.45, 7) is 6.91. The van der Waals surface area contributed by atoms with Gasteiger partial charge in [0.2, 0.25) is 0 Å². The molecule has 0 aliphatic carbocycles. The molecule has 2 amide bonds. The van der Waals surface area contributed by atoms with Crippen molar-refractivity contribution in [3.8, 4) is 11.5 Å². The van der Waals surface area contributed by atoms with Crippen LogP contribution < -0.4 is 14.4 Å². The minimum atomic E-state index is -1.76. The molecule has 2 saturated heterocycles. The third-order valence-corrected chi connectivity index (χ3v) is 8.03. The van der Waals surface area contributed by atoms with E-state index < -0.39 is 28.9 Å². The molecule has 4 aliphatic rings. The lowest BCUT2D eigenvalue weighted by Crippen LogP contribution is -2.52. The second-order valence-corrected chi connectivity index (χ2v) is 10.4. The largest absolute Gasteiger partial charge is 0.507 e. The number of benzene rings is 2. The number of aliphatic hydroxyl groups excluding tert-OH is 1. The van der Waals surface area contributed by atoms with Crippen LogP contribution >= 0.6 is 0 Å². The first-order valence-electron chi connectivity index (χ1n) is 13.9. The molecule has 10 heteroatoms. The minimum Gasteiger partial charge on any atom is -0.507 e. The van der Waals surface area contributed by atoms with Crippen molar-refractivity contribution in [3.05, 3.63) is 59.2 Å². The molecule has 210 valence electrons. The molecule has 1 spiro atoms. The molecule has 0 radical (unpaired) electrons. The molecule has 40 heavy (non-hydrogen) atoms. The Morgan fingerprint density at radius 2 is 1.68 bits per heavy atom. The lowest BCUT2D eigenvalue weighted by Gasteiger charge is -2.35. The fraction of sp³-hybridized carbons (Fsp3) is 0.433. The van der Waals surface area contributed by atoms with Crippen LogP contribution in [0.25, 0.3) is 5.76 Å². The standard InChI is InChI=1S/C30H33N3O7/c1-2-10-32-22-7-4-3-6-21(22)30(29(32)37)25(26(34)20-8-9-23-24(19-20)40-18-17-39-23)27(35)28(36)33(30)12-5-11-31-13-15-38-16-14-31/h3-4,6-9,19,34H,2,5,10-18H2,1H3/b26-25-. The molecule has 2 aromatic carbocycles. The number of ether oxygens (including phenoxy) is 3. The van der Waals surface area contributed by atoms with Crippen LogP contribution in [0.3, 0.4) is 0 Å². The number of hydrogen-bond acceptors (Lipinski definition) is 8. The van der Waals surface area contributed by atoms with E-state index >= 15 is 0 Å². The number of ketones is 1. The van der Waals surface area contributed by atoms with Crippen molar-refractivity contribution < 1.29 is 33.7 Å². The number of fused-ring (bicyclic) bond motifs is 3. The Morgan fingerprint density at radius 1 is 0.925 bits per heavy atom. The van der Waals surface area contributed by atoms with Gasteiger partial charge in [0.05, 0.1) is 24.5 Å². The highest BCUT2D eigenvalue weighted by Gasteiger charge is 2.66. The highest BCUT2D eigenvalue weighted by Crippen LogP contribution is 2.54. The van der Waals surface area contributed by atoms with Gasteiger partial charge in [0, 0.05) is 43.9 Å². The third kappa shape index (κ3) is 4.05. The first kappa shape index (κ1) is 26.3. The Morgan fingerprint density at radius 3 is 2.45 bits per heavy atom. The molecule has 2 fully saturated rings. The second-order valence-electron chi connectivity index (χ2n) is 10.4. The van der Waals surface area contributed by atoms with E-state index in [1.54, 1.807) is 35.2 Å². The Hall–Kier alpha value is -3.89. The van der Waals surface area contributed by atoms with E-state index in [2.05, 4.69) is 4.90 Å². The molecule has 4 aliphatic heterocycles. The number of carbonyl (C=O) groups is 3. The van der Waals surface area contributed by atoms with Crippen LogP contribution in [-0.2, 0) is 24.7 Å². The SMILES string of the molecule is CCCN1C(=O)C2(/C(=C(\O)c3ccc4c(c3)OCCO4)C(=O)C(=O)N2CCCN2CCOCC2)c2ccccc21. The quantitative estimate of drug-likeness (QED) is 0.320. The zero-order chi connectivity index (χ0) is 27.9. The molecule has 6 rings (SSSR count). The van der Waals surface area contributed by atoms with Gasteiger partial charge in [-0.3, -0.25) is 19.3 Å². The van der Waals surface area contributed by atoms with Gasteiger partial charge in [-0.1, -0.05) is 25.1 Å². The van der Waals surface area contributed by atoms with Crippen molar-refractivity contribution in [1.29, 1.82) is 0 Å². The van der Waals surface area contributed by atoms with Crippen molar-refractivity contribution in [2.75, 3.05) is 64.1 Å². The molecular formula is C30H33N3O7. The fourth-order valence-corrected chi connectivity index (χ4v) is 6.22. The van der Waals surface area contributed by atoms with Crippen LogP contribution in [-0.4, -0.2) is 91.7 Å². The van der Waals surface area contributed by atoms with Gasteiger partial charge >= 0.3 is 0 Å². The third-order valence-electron chi connectivity index (χ3n) is 8.03. The van der Waals surface area contributed by atoms with E-state index in [9.17, 15) is 19.5 Å². The number of aliphatic hydroxyl groups is 1. The number of likely N-dealkylation sites (tertiary alicyclic amines) is 1. The zero-order valence-electron chi connectivity index (χ0n) is 22.6. The van der Waals surface area contributed by atoms with Crippen LogP contribution in [0.4, 0.5) is 5.69 Å². The molecule has 0 saturated carbocycles. The lowest BCUT2D eigenvalue weighted by molar-refractivity contribution is -0.143. The number of amides is 2. The monoisotopic (exact) mass is 547 g/mol. The van der Waals surface area contributed by atoms with Gasteiger partial charge in [0.15, 0.2) is 17.0 Å². The first-order chi connectivity index (χ1) is 19.5. The zero-order valence-corrected chi connectivity index (χ0v) is 22.6. The van der Waals surface area contributed by atoms with Crippen LogP contribution in [0, 0.1) is 0 Å². The van der Waals surface area contributed by atoms with Gasteiger partial charge in [0.1, 0.15) is 19.0 Å². The van der Waals surface area contributed by atoms with Crippen molar-refractivity contribution >= 4 is 29.0 Å². The van der Waals surface area contributed by atoms with Crippen molar-refractivity contribution in [3.63, 3.8) is 0 Å². The average molecular weight is 548 g/mol. The summed E-state index contributed by atoms with van der Waals surface area (Å²) in [4.78, 5) is 47.3. The van der Waals surface area contributed by atoms with E-state index in [0.717, 1.165) is 13.1 Å². The Labute approximate surface area is 232 Å². The molecule has 4 heterocycles. The van der Waals surface area contributed by atoms with Gasteiger partial charge in [-0.05, 0) is 37.1 Å². The van der Waals surface area contributed by atoms with Crippen molar-refractivity contribution in [2.45, 2.75) is 25.3 Å². The molecule has 1 N–H and O–H groups in total. The van der Waals surface area contributed by atoms with E-state index in [-0.39, 0.29) is 17.7 Å². The molecule has 1 unspecified atom stereocenters. The summed E-state index contributed by atoms with van der Waals surface area (Å²) in [5.74, 6) is -1.53. The number of para-hydroxylation sites is 1. The van der Waals surface area contributed by atoms with Crippen LogP contribution in [0.1, 0.15) is 30.9 Å². The normalized spacial score (nSPS) is 23.8. The maximum absolute atomic E-state index is 14.5. The van der Waals surface area contributed by atoms with Crippen molar-refractivity contribution in [2.24, 2.45) is 0 Å². The number of Topliss-reactive ketones (excluding diaryl/α,β-unsaturated/α-hetero) is 1. The maximum atomic E-state index is 14.5. The maximum Gasteiger partial charge on any atom is 0.296 e. The summed E-state index contributed by atoms with van der Waals surface area (Å²) in [5, 5.41) is 11.7. The molecule has 10 nitrogen and oxygen atoms in total. The summed E-state index contributed by atoms with van der Waals surface area (Å²) >= 11 is 0. The van der Waals surface area contributed by atoms with Crippen LogP contribution in [0.15, 0.2) is 48.0 Å². The number of hydrogen-bond donors (Lipinski definition) is 1. The molecule has 2 aromatic rings. The Balaban J connectivity index is 1.48. The fourth-order valence-electron chi connectivity index (χ4n) is 6.22. The topological polar surface area (TPSA) is 109 Å². The highest BCUT2D eigenvalue weighted by molar-refractivity contribution is 6.50. The van der Waals surface area contributed by atoms with Gasteiger partial charge < -0.3 is 29.1 Å². The minimum absolute atomic E-state index is 0.180. The smallest absolute Gasteiger partial charge is 0.296 e. The number of rotatable bonds is 7. The number of nitrogens with zero attached hydrogens (tertiary/aromatic N) is 3. The van der Waals surface area contributed by atoms with E-state index in [0.29, 0.717) is 75.1 Å². The summed E-state index contributed by atoms with van der Waals surface area (Å²) < 4.78 is 16.7. The summed E-state index contributed by atoms with van der Waals surface area (Å²) in [6.07, 6.45) is 1.24. The van der Waals surface area contributed by atoms with Gasteiger partial charge in [0.25, 0.3) is 17.6 Å². The van der Waals surface area contributed by atoms with Crippen LogP contribution in [0.2, 0.25) is 0 Å². The lowest BCUT2D eigenvalue weighted by atomic mass is 9.81. The number of anilines is 1. The number of carbonyl (C=O) groups excluding carboxylic acids is 3. The van der Waals surface area contributed by atoms with E-state index in [1.807, 2.05) is 19.1 Å². The average Bonchev–Trinajstić information content (AvgIpc) is 3.36. The predicted octanol–water partition coefficient (Wildman–Crippen LogP) is 2.51. The van der Waals surface area contributed by atoms with Crippen LogP contribution in [0.5, 0.6) is 11.5 Å². The van der Waals surface area contributed by atoms with E-state index in [1.165, 1.54) is 4.90 Å². The van der Waals surface area contributed by atoms with E-state index in [4.69, 9.17) is 14.2 Å². The first-order valence-corrected chi connectivity index (χ1v) is 13.9. The van der Waals surface area contributed by atoms with Gasteiger partial charge in [-0.25, -0.2) is 0 Å². The summed E-state index contributed by atoms with van der Waals surface area (Å²) in [6, 6.07) is 12.1. The molecule has 1 atom stereocenters. The van der Waals surface area contributed by atoms with Gasteiger partial charge in [-0.2, -0.15) is 0 Å². The second kappa shape index (κ2) is 10.6. The van der Waals surface area contributed by atoms with Gasteiger partial charge in [-0.15, -0.1) is 0 Å².